The third kappa shape index (κ3) is 4.65. The SMILES string of the molecule is CC(=O)N(CCC(=O)NCc1ccccn1)c1c(C)cccc1C. The van der Waals surface area contributed by atoms with Crippen LogP contribution in [0.1, 0.15) is 30.2 Å². The van der Waals surface area contributed by atoms with Crippen molar-refractivity contribution in [3.63, 3.8) is 0 Å². The lowest BCUT2D eigenvalue weighted by Gasteiger charge is -2.25. The van der Waals surface area contributed by atoms with Crippen molar-refractivity contribution in [2.24, 2.45) is 0 Å². The Kier molecular flexibility index (Phi) is 6.07. The Morgan fingerprint density at radius 3 is 2.38 bits per heavy atom. The fraction of sp³-hybridized carbons (Fsp3) is 0.316. The van der Waals surface area contributed by atoms with Gasteiger partial charge in [-0.2, -0.15) is 0 Å². The van der Waals surface area contributed by atoms with Crippen LogP contribution >= 0.6 is 0 Å². The lowest BCUT2D eigenvalue weighted by atomic mass is 10.1. The molecular formula is C19H23N3O2. The summed E-state index contributed by atoms with van der Waals surface area (Å²) >= 11 is 0. The van der Waals surface area contributed by atoms with Crippen molar-refractivity contribution in [3.8, 4) is 0 Å². The zero-order valence-electron chi connectivity index (χ0n) is 14.4. The third-order valence-corrected chi connectivity index (χ3v) is 3.84. The fourth-order valence-corrected chi connectivity index (χ4v) is 2.65. The highest BCUT2D eigenvalue weighted by Crippen LogP contribution is 2.24. The molecule has 0 aliphatic rings. The van der Waals surface area contributed by atoms with Crippen molar-refractivity contribution in [1.82, 2.24) is 10.3 Å². The maximum absolute atomic E-state index is 12.1. The normalized spacial score (nSPS) is 10.3. The van der Waals surface area contributed by atoms with E-state index in [1.54, 1.807) is 11.1 Å². The van der Waals surface area contributed by atoms with Crippen molar-refractivity contribution >= 4 is 17.5 Å². The predicted molar refractivity (Wildman–Crippen MR) is 94.6 cm³/mol. The molecule has 0 bridgehead atoms. The lowest BCUT2D eigenvalue weighted by molar-refractivity contribution is -0.121. The van der Waals surface area contributed by atoms with E-state index in [9.17, 15) is 9.59 Å². The van der Waals surface area contributed by atoms with E-state index >= 15 is 0 Å². The van der Waals surface area contributed by atoms with Gasteiger partial charge in [0.05, 0.1) is 12.2 Å². The first-order valence-electron chi connectivity index (χ1n) is 8.00. The molecule has 0 atom stereocenters. The first-order chi connectivity index (χ1) is 11.5. The van der Waals surface area contributed by atoms with Crippen LogP contribution in [0.2, 0.25) is 0 Å². The highest BCUT2D eigenvalue weighted by molar-refractivity contribution is 5.94. The largest absolute Gasteiger partial charge is 0.350 e. The molecule has 1 aromatic carbocycles. The molecule has 5 nitrogen and oxygen atoms in total. The van der Waals surface area contributed by atoms with Gasteiger partial charge in [-0.05, 0) is 37.1 Å². The number of hydrogen-bond donors (Lipinski definition) is 1. The second kappa shape index (κ2) is 8.24. The van der Waals surface area contributed by atoms with Gasteiger partial charge < -0.3 is 10.2 Å². The van der Waals surface area contributed by atoms with Crippen LogP contribution in [0.25, 0.3) is 0 Å². The molecule has 5 heteroatoms. The first kappa shape index (κ1) is 17.7. The summed E-state index contributed by atoms with van der Waals surface area (Å²) in [4.78, 5) is 29.9. The summed E-state index contributed by atoms with van der Waals surface area (Å²) < 4.78 is 0. The van der Waals surface area contributed by atoms with Gasteiger partial charge in [0.15, 0.2) is 0 Å². The topological polar surface area (TPSA) is 62.3 Å². The molecule has 2 amide bonds. The van der Waals surface area contributed by atoms with Crippen LogP contribution < -0.4 is 10.2 Å². The highest BCUT2D eigenvalue weighted by Gasteiger charge is 2.17. The lowest BCUT2D eigenvalue weighted by Crippen LogP contribution is -2.34. The zero-order chi connectivity index (χ0) is 17.5. The number of anilines is 1. The Labute approximate surface area is 142 Å². The van der Waals surface area contributed by atoms with Gasteiger partial charge in [0.2, 0.25) is 11.8 Å². The molecule has 0 aliphatic heterocycles. The van der Waals surface area contributed by atoms with Crippen molar-refractivity contribution in [2.45, 2.75) is 33.7 Å². The number of aryl methyl sites for hydroxylation is 2. The minimum absolute atomic E-state index is 0.0649. The van der Waals surface area contributed by atoms with E-state index in [1.807, 2.05) is 50.2 Å². The molecule has 1 aromatic heterocycles. The summed E-state index contributed by atoms with van der Waals surface area (Å²) in [7, 11) is 0. The summed E-state index contributed by atoms with van der Waals surface area (Å²) in [5.74, 6) is -0.164. The number of para-hydroxylation sites is 1. The van der Waals surface area contributed by atoms with E-state index in [2.05, 4.69) is 10.3 Å². The average molecular weight is 325 g/mol. The van der Waals surface area contributed by atoms with Crippen LogP contribution in [0, 0.1) is 13.8 Å². The van der Waals surface area contributed by atoms with Gasteiger partial charge in [0, 0.05) is 31.8 Å². The van der Waals surface area contributed by atoms with E-state index in [0.29, 0.717) is 13.1 Å². The number of carbonyl (C=O) groups is 2. The summed E-state index contributed by atoms with van der Waals surface area (Å²) in [6.45, 7) is 6.22. The molecule has 0 aliphatic carbocycles. The molecule has 0 radical (unpaired) electrons. The van der Waals surface area contributed by atoms with Crippen LogP contribution in [-0.4, -0.2) is 23.3 Å². The Morgan fingerprint density at radius 1 is 1.08 bits per heavy atom. The number of aromatic nitrogens is 1. The van der Waals surface area contributed by atoms with Crippen LogP contribution in [0.3, 0.4) is 0 Å². The maximum atomic E-state index is 12.1. The second-order valence-electron chi connectivity index (χ2n) is 5.76. The van der Waals surface area contributed by atoms with Crippen LogP contribution in [0.5, 0.6) is 0 Å². The Hall–Kier alpha value is -2.69. The minimum atomic E-state index is -0.0989. The molecule has 2 rings (SSSR count). The van der Waals surface area contributed by atoms with E-state index < -0.39 is 0 Å². The molecule has 0 saturated carbocycles. The van der Waals surface area contributed by atoms with Crippen molar-refractivity contribution in [3.05, 3.63) is 59.4 Å². The number of amides is 2. The van der Waals surface area contributed by atoms with Gasteiger partial charge in [0.25, 0.3) is 0 Å². The van der Waals surface area contributed by atoms with Gasteiger partial charge in [-0.1, -0.05) is 24.3 Å². The van der Waals surface area contributed by atoms with Crippen LogP contribution in [-0.2, 0) is 16.1 Å². The standard InChI is InChI=1S/C19H23N3O2/c1-14-7-6-8-15(2)19(14)22(16(3)23)12-10-18(24)21-13-17-9-4-5-11-20-17/h4-9,11H,10,12-13H2,1-3H3,(H,21,24). The smallest absolute Gasteiger partial charge is 0.223 e. The van der Waals surface area contributed by atoms with Gasteiger partial charge in [0.1, 0.15) is 0 Å². The van der Waals surface area contributed by atoms with Crippen LogP contribution in [0.4, 0.5) is 5.69 Å². The number of carbonyl (C=O) groups excluding carboxylic acids is 2. The molecule has 0 saturated heterocycles. The first-order valence-corrected chi connectivity index (χ1v) is 8.00. The van der Waals surface area contributed by atoms with Crippen molar-refractivity contribution < 1.29 is 9.59 Å². The average Bonchev–Trinajstić information content (AvgIpc) is 2.56. The third-order valence-electron chi connectivity index (χ3n) is 3.84. The van der Waals surface area contributed by atoms with E-state index in [0.717, 1.165) is 22.5 Å². The van der Waals surface area contributed by atoms with E-state index in [-0.39, 0.29) is 18.2 Å². The molecule has 0 fully saturated rings. The fourth-order valence-electron chi connectivity index (χ4n) is 2.65. The predicted octanol–water partition coefficient (Wildman–Crippen LogP) is 2.76. The number of rotatable bonds is 6. The van der Waals surface area contributed by atoms with Gasteiger partial charge in [-0.3, -0.25) is 14.6 Å². The highest BCUT2D eigenvalue weighted by atomic mass is 16.2. The van der Waals surface area contributed by atoms with Crippen molar-refractivity contribution in [2.75, 3.05) is 11.4 Å². The van der Waals surface area contributed by atoms with Crippen molar-refractivity contribution in [1.29, 1.82) is 0 Å². The number of pyridine rings is 1. The quantitative estimate of drug-likeness (QED) is 0.888. The van der Waals surface area contributed by atoms with E-state index in [1.165, 1.54) is 6.92 Å². The molecule has 1 N–H and O–H groups in total. The van der Waals surface area contributed by atoms with E-state index in [4.69, 9.17) is 0 Å². The molecule has 0 unspecified atom stereocenters. The molecule has 24 heavy (non-hydrogen) atoms. The Morgan fingerprint density at radius 2 is 1.79 bits per heavy atom. The summed E-state index contributed by atoms with van der Waals surface area (Å²) in [5, 5.41) is 2.83. The van der Waals surface area contributed by atoms with Crippen LogP contribution in [0.15, 0.2) is 42.6 Å². The molecule has 126 valence electrons. The number of hydrogen-bond acceptors (Lipinski definition) is 3. The molecular weight excluding hydrogens is 302 g/mol. The second-order valence-corrected chi connectivity index (χ2v) is 5.76. The van der Waals surface area contributed by atoms with Gasteiger partial charge >= 0.3 is 0 Å². The maximum Gasteiger partial charge on any atom is 0.223 e. The number of benzene rings is 1. The molecule has 0 spiro atoms. The Bertz CT molecular complexity index is 694. The number of nitrogens with one attached hydrogen (secondary N) is 1. The zero-order valence-corrected chi connectivity index (χ0v) is 14.4. The van der Waals surface area contributed by atoms with Gasteiger partial charge in [-0.15, -0.1) is 0 Å². The number of nitrogens with zero attached hydrogens (tertiary/aromatic N) is 2. The van der Waals surface area contributed by atoms with Gasteiger partial charge in [-0.25, -0.2) is 0 Å². The summed E-state index contributed by atoms with van der Waals surface area (Å²) in [5.41, 5.74) is 3.75. The molecule has 2 aromatic rings. The Balaban J connectivity index is 1.97. The molecule has 1 heterocycles. The summed E-state index contributed by atoms with van der Waals surface area (Å²) in [6.07, 6.45) is 1.94. The minimum Gasteiger partial charge on any atom is -0.350 e. The monoisotopic (exact) mass is 325 g/mol. The summed E-state index contributed by atoms with van der Waals surface area (Å²) in [6, 6.07) is 11.5.